The minimum Gasteiger partial charge on any atom is -0.316 e. The molecule has 94 valence electrons. The van der Waals surface area contributed by atoms with Crippen LogP contribution in [0.1, 0.15) is 9.67 Å². The summed E-state index contributed by atoms with van der Waals surface area (Å²) in [7, 11) is 0. The molecule has 2 aromatic rings. The predicted molar refractivity (Wildman–Crippen MR) is 73.6 cm³/mol. The van der Waals surface area contributed by atoms with Gasteiger partial charge in [-0.15, -0.1) is 24.0 Å². The van der Waals surface area contributed by atoms with Gasteiger partial charge in [0.2, 0.25) is 0 Å². The molecule has 0 aliphatic carbocycles. The van der Waals surface area contributed by atoms with Crippen LogP contribution >= 0.6 is 39.9 Å². The number of rotatable bonds is 2. The molecule has 0 saturated heterocycles. The third-order valence-corrected chi connectivity index (χ3v) is 3.87. The largest absolute Gasteiger partial charge is 0.316 e. The molecule has 2 rings (SSSR count). The number of nitrogens with one attached hydrogen (secondary N) is 1. The molecule has 0 saturated carbocycles. The Balaban J connectivity index is 2.27. The molecule has 0 bridgehead atoms. The molecule has 1 N–H and O–H groups in total. The Labute approximate surface area is 120 Å². The SMILES string of the molecule is O=C(Nc1c(F)cc(Br)cc1F)c1cc(S)cs1. The van der Waals surface area contributed by atoms with Crippen molar-refractivity contribution in [2.24, 2.45) is 0 Å². The summed E-state index contributed by atoms with van der Waals surface area (Å²) < 4.78 is 27.3. The van der Waals surface area contributed by atoms with E-state index >= 15 is 0 Å². The van der Waals surface area contributed by atoms with Gasteiger partial charge in [-0.05, 0) is 18.2 Å². The van der Waals surface area contributed by atoms with Crippen LogP contribution in [0.5, 0.6) is 0 Å². The van der Waals surface area contributed by atoms with E-state index < -0.39 is 23.2 Å². The van der Waals surface area contributed by atoms with Crippen LogP contribution in [0.25, 0.3) is 0 Å². The molecule has 1 heterocycles. The molecule has 0 aliphatic heterocycles. The second-order valence-corrected chi connectivity index (χ2v) is 5.71. The van der Waals surface area contributed by atoms with E-state index in [4.69, 9.17) is 0 Å². The van der Waals surface area contributed by atoms with E-state index in [0.717, 1.165) is 23.5 Å². The number of hydrogen-bond acceptors (Lipinski definition) is 3. The Morgan fingerprint density at radius 1 is 1.28 bits per heavy atom. The van der Waals surface area contributed by atoms with Gasteiger partial charge < -0.3 is 5.32 Å². The number of hydrogen-bond donors (Lipinski definition) is 2. The van der Waals surface area contributed by atoms with Crippen molar-refractivity contribution in [3.8, 4) is 0 Å². The molecule has 18 heavy (non-hydrogen) atoms. The summed E-state index contributed by atoms with van der Waals surface area (Å²) in [6, 6.07) is 3.69. The molecule has 7 heteroatoms. The highest BCUT2D eigenvalue weighted by atomic mass is 79.9. The van der Waals surface area contributed by atoms with Crippen LogP contribution in [-0.2, 0) is 0 Å². The zero-order chi connectivity index (χ0) is 13.3. The molecular formula is C11H6BrF2NOS2. The first kappa shape index (κ1) is 13.5. The van der Waals surface area contributed by atoms with Crippen molar-refractivity contribution in [3.63, 3.8) is 0 Å². The predicted octanol–water partition coefficient (Wildman–Crippen LogP) is 4.33. The molecule has 0 aliphatic rings. The first-order valence-corrected chi connectivity index (χ1v) is 6.83. The van der Waals surface area contributed by atoms with Crippen LogP contribution in [0, 0.1) is 11.6 Å². The van der Waals surface area contributed by atoms with E-state index in [9.17, 15) is 13.6 Å². The zero-order valence-corrected chi connectivity index (χ0v) is 12.0. The van der Waals surface area contributed by atoms with Crippen LogP contribution in [0.3, 0.4) is 0 Å². The summed E-state index contributed by atoms with van der Waals surface area (Å²) in [5.41, 5.74) is -0.461. The van der Waals surface area contributed by atoms with Gasteiger partial charge in [-0.3, -0.25) is 4.79 Å². The van der Waals surface area contributed by atoms with Gasteiger partial charge in [0.25, 0.3) is 5.91 Å². The Bertz CT molecular complexity index is 592. The summed E-state index contributed by atoms with van der Waals surface area (Å²) in [4.78, 5) is 12.7. The second kappa shape index (κ2) is 5.38. The van der Waals surface area contributed by atoms with Crippen molar-refractivity contribution in [2.45, 2.75) is 4.90 Å². The quantitative estimate of drug-likeness (QED) is 0.776. The second-order valence-electron chi connectivity index (χ2n) is 3.37. The number of halogens is 3. The van der Waals surface area contributed by atoms with Crippen molar-refractivity contribution in [1.82, 2.24) is 0 Å². The Kier molecular flexibility index (Phi) is 4.04. The van der Waals surface area contributed by atoms with Gasteiger partial charge in [-0.2, -0.15) is 0 Å². The fraction of sp³-hybridized carbons (Fsp3) is 0. The lowest BCUT2D eigenvalue weighted by atomic mass is 10.3. The Hall–Kier alpha value is -0.920. The van der Waals surface area contributed by atoms with Crippen LogP contribution < -0.4 is 5.32 Å². The highest BCUT2D eigenvalue weighted by Crippen LogP contribution is 2.25. The van der Waals surface area contributed by atoms with E-state index in [1.165, 1.54) is 6.07 Å². The van der Waals surface area contributed by atoms with Crippen molar-refractivity contribution < 1.29 is 13.6 Å². The Morgan fingerprint density at radius 3 is 2.39 bits per heavy atom. The van der Waals surface area contributed by atoms with E-state index in [2.05, 4.69) is 33.9 Å². The summed E-state index contributed by atoms with van der Waals surface area (Å²) >= 11 is 8.17. The number of benzene rings is 1. The molecule has 0 unspecified atom stereocenters. The smallest absolute Gasteiger partial charge is 0.265 e. The van der Waals surface area contributed by atoms with Crippen molar-refractivity contribution in [1.29, 1.82) is 0 Å². The van der Waals surface area contributed by atoms with Crippen molar-refractivity contribution in [3.05, 3.63) is 44.6 Å². The number of thiol groups is 1. The number of carbonyl (C=O) groups is 1. The van der Waals surface area contributed by atoms with Gasteiger partial charge in [0, 0.05) is 14.7 Å². The van der Waals surface area contributed by atoms with Crippen LogP contribution in [0.4, 0.5) is 14.5 Å². The van der Waals surface area contributed by atoms with Gasteiger partial charge in [0.1, 0.15) is 5.69 Å². The molecule has 1 amide bonds. The van der Waals surface area contributed by atoms with Gasteiger partial charge in [-0.1, -0.05) is 15.9 Å². The molecule has 0 radical (unpaired) electrons. The van der Waals surface area contributed by atoms with Crippen molar-refractivity contribution in [2.75, 3.05) is 5.32 Å². The van der Waals surface area contributed by atoms with Gasteiger partial charge in [-0.25, -0.2) is 8.78 Å². The molecule has 0 spiro atoms. The number of carbonyl (C=O) groups excluding carboxylic acids is 1. The third-order valence-electron chi connectivity index (χ3n) is 2.05. The highest BCUT2D eigenvalue weighted by Gasteiger charge is 2.15. The maximum atomic E-state index is 13.5. The normalized spacial score (nSPS) is 10.4. The standard InChI is InChI=1S/C11H6BrF2NOS2/c12-5-1-7(13)10(8(14)2-5)15-11(16)9-3-6(17)4-18-9/h1-4,17H,(H,15,16). The minimum absolute atomic E-state index is 0.268. The summed E-state index contributed by atoms with van der Waals surface area (Å²) in [5, 5.41) is 3.86. The van der Waals surface area contributed by atoms with Gasteiger partial charge in [0.05, 0.1) is 4.88 Å². The van der Waals surface area contributed by atoms with Crippen LogP contribution in [-0.4, -0.2) is 5.91 Å². The fourth-order valence-electron chi connectivity index (χ4n) is 1.28. The topological polar surface area (TPSA) is 29.1 Å². The molecule has 1 aromatic carbocycles. The monoisotopic (exact) mass is 349 g/mol. The summed E-state index contributed by atoms with van der Waals surface area (Å²) in [6.45, 7) is 0. The number of anilines is 1. The number of thiophene rings is 1. The molecular weight excluding hydrogens is 344 g/mol. The third kappa shape index (κ3) is 2.90. The minimum atomic E-state index is -0.835. The van der Waals surface area contributed by atoms with Crippen LogP contribution in [0.15, 0.2) is 32.9 Å². The molecule has 2 nitrogen and oxygen atoms in total. The highest BCUT2D eigenvalue weighted by molar-refractivity contribution is 9.10. The first-order valence-electron chi connectivity index (χ1n) is 4.71. The number of amides is 1. The van der Waals surface area contributed by atoms with Gasteiger partial charge >= 0.3 is 0 Å². The maximum absolute atomic E-state index is 13.5. The maximum Gasteiger partial charge on any atom is 0.265 e. The van der Waals surface area contributed by atoms with E-state index in [1.807, 2.05) is 0 Å². The Morgan fingerprint density at radius 2 is 1.89 bits per heavy atom. The van der Waals surface area contributed by atoms with E-state index in [0.29, 0.717) is 9.77 Å². The lowest BCUT2D eigenvalue weighted by Gasteiger charge is -2.06. The lowest BCUT2D eigenvalue weighted by Crippen LogP contribution is -2.13. The van der Waals surface area contributed by atoms with E-state index in [1.54, 1.807) is 5.38 Å². The molecule has 0 atom stereocenters. The molecule has 0 fully saturated rings. The first-order chi connectivity index (χ1) is 8.47. The van der Waals surface area contributed by atoms with E-state index in [-0.39, 0.29) is 4.47 Å². The van der Waals surface area contributed by atoms with Crippen LogP contribution in [0.2, 0.25) is 0 Å². The van der Waals surface area contributed by atoms with Gasteiger partial charge in [0.15, 0.2) is 11.6 Å². The summed E-state index contributed by atoms with van der Waals surface area (Å²) in [6.07, 6.45) is 0. The van der Waals surface area contributed by atoms with Crippen molar-refractivity contribution >= 4 is 51.5 Å². The fourth-order valence-corrected chi connectivity index (χ4v) is 2.73. The average Bonchev–Trinajstić information content (AvgIpc) is 2.70. The average molecular weight is 350 g/mol. The lowest BCUT2D eigenvalue weighted by molar-refractivity contribution is 0.102. The molecule has 1 aromatic heterocycles. The zero-order valence-electron chi connectivity index (χ0n) is 8.71. The summed E-state index contributed by atoms with van der Waals surface area (Å²) in [5.74, 6) is -2.24.